The molecular weight excluding hydrogens is 308 g/mol. The third-order valence-electron chi connectivity index (χ3n) is 4.24. The predicted octanol–water partition coefficient (Wildman–Crippen LogP) is 2.23. The average molecular weight is 326 g/mol. The lowest BCUT2D eigenvalue weighted by Gasteiger charge is -2.20. The van der Waals surface area contributed by atoms with Crippen LogP contribution in [0.3, 0.4) is 0 Å². The molecule has 1 aliphatic heterocycles. The molecule has 24 heavy (non-hydrogen) atoms. The van der Waals surface area contributed by atoms with Crippen molar-refractivity contribution < 1.29 is 9.72 Å². The second-order valence-electron chi connectivity index (χ2n) is 5.75. The molecule has 7 nitrogen and oxygen atoms in total. The molecule has 0 aliphatic carbocycles. The van der Waals surface area contributed by atoms with Gasteiger partial charge >= 0.3 is 0 Å². The van der Waals surface area contributed by atoms with Crippen molar-refractivity contribution in [1.29, 1.82) is 0 Å². The van der Waals surface area contributed by atoms with Crippen molar-refractivity contribution in [2.45, 2.75) is 19.4 Å². The van der Waals surface area contributed by atoms with Gasteiger partial charge in [0.2, 0.25) is 5.91 Å². The highest BCUT2D eigenvalue weighted by molar-refractivity contribution is 5.97. The highest BCUT2D eigenvalue weighted by Crippen LogP contribution is 2.31. The Morgan fingerprint density at radius 3 is 2.83 bits per heavy atom. The summed E-state index contributed by atoms with van der Waals surface area (Å²) in [5, 5.41) is 14.0. The summed E-state index contributed by atoms with van der Waals surface area (Å²) in [6.07, 6.45) is 4.08. The fraction of sp³-hybridized carbons (Fsp3) is 0.294. The van der Waals surface area contributed by atoms with E-state index in [0.717, 1.165) is 16.8 Å². The molecule has 7 heteroatoms. The van der Waals surface area contributed by atoms with Gasteiger partial charge in [-0.2, -0.15) is 0 Å². The summed E-state index contributed by atoms with van der Waals surface area (Å²) in [5.74, 6) is -0.0384. The summed E-state index contributed by atoms with van der Waals surface area (Å²) in [7, 11) is 0. The molecule has 0 bridgehead atoms. The Hall–Kier alpha value is -2.80. The smallest absolute Gasteiger partial charge is 0.269 e. The van der Waals surface area contributed by atoms with Crippen molar-refractivity contribution >= 4 is 17.3 Å². The predicted molar refractivity (Wildman–Crippen MR) is 89.8 cm³/mol. The number of hydrogen-bond donors (Lipinski definition) is 1. The zero-order valence-corrected chi connectivity index (χ0v) is 13.3. The Labute approximate surface area is 139 Å². The molecule has 0 radical (unpaired) electrons. The van der Waals surface area contributed by atoms with Gasteiger partial charge in [0.15, 0.2) is 0 Å². The Balaban J connectivity index is 1.64. The number of hydrogen-bond acceptors (Lipinski definition) is 5. The molecule has 0 saturated heterocycles. The molecule has 1 amide bonds. The fourth-order valence-electron chi connectivity index (χ4n) is 2.87. The highest BCUT2D eigenvalue weighted by Gasteiger charge is 2.26. The van der Waals surface area contributed by atoms with Gasteiger partial charge in [0.05, 0.1) is 11.5 Å². The summed E-state index contributed by atoms with van der Waals surface area (Å²) in [6.45, 7) is 2.75. The van der Waals surface area contributed by atoms with Gasteiger partial charge in [-0.1, -0.05) is 0 Å². The van der Waals surface area contributed by atoms with Gasteiger partial charge in [-0.15, -0.1) is 0 Å². The summed E-state index contributed by atoms with van der Waals surface area (Å²) < 4.78 is 0. The quantitative estimate of drug-likeness (QED) is 0.672. The van der Waals surface area contributed by atoms with Crippen LogP contribution in [0.5, 0.6) is 0 Å². The third-order valence-corrected chi connectivity index (χ3v) is 4.24. The molecule has 1 N–H and O–H groups in total. The Morgan fingerprint density at radius 1 is 1.38 bits per heavy atom. The lowest BCUT2D eigenvalue weighted by atomic mass is 10.1. The van der Waals surface area contributed by atoms with Crippen LogP contribution < -0.4 is 10.2 Å². The number of aromatic nitrogens is 1. The fourth-order valence-corrected chi connectivity index (χ4v) is 2.87. The lowest BCUT2D eigenvalue weighted by Crippen LogP contribution is -2.38. The van der Waals surface area contributed by atoms with Crippen LogP contribution in [0.25, 0.3) is 0 Å². The van der Waals surface area contributed by atoms with Crippen LogP contribution in [0.2, 0.25) is 0 Å². The zero-order chi connectivity index (χ0) is 17.1. The van der Waals surface area contributed by atoms with Gasteiger partial charge in [-0.25, -0.2) is 0 Å². The first kappa shape index (κ1) is 16.1. The molecular formula is C17H18N4O3. The standard InChI is InChI=1S/C17H18N4O3/c1-12(13-4-7-18-8-5-13)19-11-17(22)20-9-6-14-10-15(21(23)24)2-3-16(14)20/h2-5,7-8,10,12,19H,6,9,11H2,1H3/t12-/m1/s1. The first-order valence-electron chi connectivity index (χ1n) is 7.77. The number of benzene rings is 1. The number of nitrogens with one attached hydrogen (secondary N) is 1. The van der Waals surface area contributed by atoms with Gasteiger partial charge in [0.25, 0.3) is 5.69 Å². The Kier molecular flexibility index (Phi) is 4.52. The van der Waals surface area contributed by atoms with Gasteiger partial charge in [-0.3, -0.25) is 19.9 Å². The second-order valence-corrected chi connectivity index (χ2v) is 5.75. The Bertz CT molecular complexity index is 764. The summed E-state index contributed by atoms with van der Waals surface area (Å²) in [6, 6.07) is 8.51. The number of pyridine rings is 1. The summed E-state index contributed by atoms with van der Waals surface area (Å²) >= 11 is 0. The van der Waals surface area contributed by atoms with E-state index >= 15 is 0 Å². The molecule has 0 unspecified atom stereocenters. The Morgan fingerprint density at radius 2 is 2.12 bits per heavy atom. The molecule has 3 rings (SSSR count). The minimum Gasteiger partial charge on any atom is -0.311 e. The van der Waals surface area contributed by atoms with E-state index in [1.807, 2.05) is 19.1 Å². The largest absolute Gasteiger partial charge is 0.311 e. The number of rotatable bonds is 5. The van der Waals surface area contributed by atoms with Crippen LogP contribution in [-0.2, 0) is 11.2 Å². The van der Waals surface area contributed by atoms with Gasteiger partial charge in [-0.05, 0) is 42.7 Å². The summed E-state index contributed by atoms with van der Waals surface area (Å²) in [4.78, 5) is 28.6. The van der Waals surface area contributed by atoms with Gasteiger partial charge in [0.1, 0.15) is 0 Å². The van der Waals surface area contributed by atoms with Crippen molar-refractivity contribution in [3.8, 4) is 0 Å². The van der Waals surface area contributed by atoms with Crippen molar-refractivity contribution in [1.82, 2.24) is 10.3 Å². The van der Waals surface area contributed by atoms with E-state index in [1.165, 1.54) is 6.07 Å². The minimum absolute atomic E-state index is 0.0379. The van der Waals surface area contributed by atoms with E-state index in [2.05, 4.69) is 10.3 Å². The lowest BCUT2D eigenvalue weighted by molar-refractivity contribution is -0.384. The second kappa shape index (κ2) is 6.76. The third kappa shape index (κ3) is 3.26. The number of nitro benzene ring substituents is 1. The molecule has 0 saturated carbocycles. The van der Waals surface area contributed by atoms with Crippen molar-refractivity contribution in [3.05, 3.63) is 64.0 Å². The number of anilines is 1. The van der Waals surface area contributed by atoms with E-state index in [0.29, 0.717) is 13.0 Å². The van der Waals surface area contributed by atoms with Crippen molar-refractivity contribution in [3.63, 3.8) is 0 Å². The van der Waals surface area contributed by atoms with E-state index in [9.17, 15) is 14.9 Å². The number of non-ortho nitro benzene ring substituents is 1. The van der Waals surface area contributed by atoms with Crippen LogP contribution in [0.4, 0.5) is 11.4 Å². The van der Waals surface area contributed by atoms with Gasteiger partial charge < -0.3 is 10.2 Å². The van der Waals surface area contributed by atoms with E-state index < -0.39 is 4.92 Å². The van der Waals surface area contributed by atoms with Gasteiger partial charge in [0, 0.05) is 42.8 Å². The monoisotopic (exact) mass is 326 g/mol. The molecule has 2 heterocycles. The molecule has 1 atom stereocenters. The molecule has 1 aromatic heterocycles. The van der Waals surface area contributed by atoms with E-state index in [-0.39, 0.29) is 24.2 Å². The molecule has 1 aromatic carbocycles. The highest BCUT2D eigenvalue weighted by atomic mass is 16.6. The van der Waals surface area contributed by atoms with E-state index in [4.69, 9.17) is 0 Å². The zero-order valence-electron chi connectivity index (χ0n) is 13.3. The molecule has 0 fully saturated rings. The van der Waals surface area contributed by atoms with Crippen LogP contribution >= 0.6 is 0 Å². The van der Waals surface area contributed by atoms with E-state index in [1.54, 1.807) is 29.4 Å². The number of nitrogens with zero attached hydrogens (tertiary/aromatic N) is 3. The summed E-state index contributed by atoms with van der Waals surface area (Å²) in [5.41, 5.74) is 2.74. The first-order valence-corrected chi connectivity index (χ1v) is 7.77. The molecule has 2 aromatic rings. The number of amides is 1. The van der Waals surface area contributed by atoms with Crippen LogP contribution in [0.1, 0.15) is 24.1 Å². The average Bonchev–Trinajstić information content (AvgIpc) is 3.03. The van der Waals surface area contributed by atoms with Crippen molar-refractivity contribution in [2.75, 3.05) is 18.0 Å². The first-order chi connectivity index (χ1) is 11.6. The maximum Gasteiger partial charge on any atom is 0.269 e. The molecule has 1 aliphatic rings. The normalized spacial score (nSPS) is 14.3. The maximum absolute atomic E-state index is 12.5. The van der Waals surface area contributed by atoms with Crippen molar-refractivity contribution in [2.24, 2.45) is 0 Å². The number of nitro groups is 1. The minimum atomic E-state index is -0.414. The van der Waals surface area contributed by atoms with Crippen LogP contribution in [0.15, 0.2) is 42.7 Å². The number of fused-ring (bicyclic) bond motifs is 1. The topological polar surface area (TPSA) is 88.4 Å². The van der Waals surface area contributed by atoms with Crippen LogP contribution in [-0.4, -0.2) is 28.9 Å². The SMILES string of the molecule is C[C@@H](NCC(=O)N1CCc2cc([N+](=O)[O-])ccc21)c1ccncc1. The molecule has 0 spiro atoms. The number of carbonyl (C=O) groups excluding carboxylic acids is 1. The number of carbonyl (C=O) groups is 1. The maximum atomic E-state index is 12.5. The van der Waals surface area contributed by atoms with Crippen LogP contribution in [0, 0.1) is 10.1 Å². The molecule has 124 valence electrons.